The third-order valence-corrected chi connectivity index (χ3v) is 4.00. The van der Waals surface area contributed by atoms with Gasteiger partial charge in [-0.3, -0.25) is 4.79 Å². The Morgan fingerprint density at radius 1 is 1.42 bits per heavy atom. The Morgan fingerprint density at radius 3 is 2.47 bits per heavy atom. The van der Waals surface area contributed by atoms with Crippen LogP contribution in [0.2, 0.25) is 0 Å². The fourth-order valence-corrected chi connectivity index (χ4v) is 2.67. The average Bonchev–Trinajstić information content (AvgIpc) is 2.37. The van der Waals surface area contributed by atoms with Gasteiger partial charge in [0.25, 0.3) is 0 Å². The molecular weight excluding hydrogens is 266 g/mol. The molecule has 1 aromatic rings. The predicted molar refractivity (Wildman–Crippen MR) is 72.1 cm³/mol. The topological polar surface area (TPSA) is 72.5 Å². The Bertz CT molecular complexity index is 549. The zero-order valence-corrected chi connectivity index (χ0v) is 11.7. The molecule has 0 aliphatic carbocycles. The van der Waals surface area contributed by atoms with Crippen LogP contribution >= 0.6 is 0 Å². The van der Waals surface area contributed by atoms with Gasteiger partial charge in [-0.1, -0.05) is 23.8 Å². The molecule has 5 nitrogen and oxygen atoms in total. The number of hydrogen-bond donors (Lipinski definition) is 1. The molecule has 0 aliphatic heterocycles. The third kappa shape index (κ3) is 4.18. The highest BCUT2D eigenvalue weighted by Gasteiger charge is 2.25. The first kappa shape index (κ1) is 15.4. The summed E-state index contributed by atoms with van der Waals surface area (Å²) in [7, 11) is -2.55. The molecule has 1 atom stereocenters. The normalized spacial score (nSPS) is 12.7. The van der Waals surface area contributed by atoms with E-state index in [1.807, 2.05) is 6.92 Å². The first-order valence-corrected chi connectivity index (χ1v) is 7.16. The van der Waals surface area contributed by atoms with Gasteiger partial charge >= 0.3 is 5.97 Å². The first-order chi connectivity index (χ1) is 8.90. The number of benzene rings is 1. The van der Waals surface area contributed by atoms with Crippen LogP contribution in [0.5, 0.6) is 0 Å². The van der Waals surface area contributed by atoms with Crippen LogP contribution in [0.3, 0.4) is 0 Å². The molecule has 104 valence electrons. The van der Waals surface area contributed by atoms with Crippen LogP contribution in [0.4, 0.5) is 0 Å². The number of sulfonamides is 1. The molecule has 0 bridgehead atoms. The Morgan fingerprint density at radius 2 is 2.00 bits per heavy atom. The maximum Gasteiger partial charge on any atom is 0.324 e. The molecule has 1 N–H and O–H groups in total. The van der Waals surface area contributed by atoms with Gasteiger partial charge in [0.05, 0.1) is 12.0 Å². The van der Waals surface area contributed by atoms with E-state index in [1.54, 1.807) is 12.1 Å². The number of aryl methyl sites for hydroxylation is 1. The van der Waals surface area contributed by atoms with Crippen molar-refractivity contribution in [3.8, 4) is 0 Å². The number of nitrogens with one attached hydrogen (secondary N) is 1. The molecule has 19 heavy (non-hydrogen) atoms. The number of rotatable bonds is 6. The van der Waals surface area contributed by atoms with Gasteiger partial charge < -0.3 is 4.74 Å². The van der Waals surface area contributed by atoms with Crippen molar-refractivity contribution in [2.45, 2.75) is 24.3 Å². The molecule has 0 amide bonds. The lowest BCUT2D eigenvalue weighted by Gasteiger charge is -2.15. The van der Waals surface area contributed by atoms with Crippen molar-refractivity contribution < 1.29 is 17.9 Å². The third-order valence-electron chi connectivity index (χ3n) is 2.52. The van der Waals surface area contributed by atoms with Crippen molar-refractivity contribution in [2.75, 3.05) is 7.11 Å². The van der Waals surface area contributed by atoms with Gasteiger partial charge in [0.1, 0.15) is 6.04 Å². The van der Waals surface area contributed by atoms with Crippen LogP contribution in [-0.4, -0.2) is 27.5 Å². The summed E-state index contributed by atoms with van der Waals surface area (Å²) in [5, 5.41) is 0. The number of esters is 1. The highest BCUT2D eigenvalue weighted by atomic mass is 32.2. The van der Waals surface area contributed by atoms with Crippen molar-refractivity contribution in [3.05, 3.63) is 42.5 Å². The molecule has 0 aliphatic rings. The van der Waals surface area contributed by atoms with Crippen LogP contribution in [-0.2, 0) is 19.6 Å². The highest BCUT2D eigenvalue weighted by molar-refractivity contribution is 7.89. The molecule has 1 rings (SSSR count). The number of carbonyl (C=O) groups is 1. The van der Waals surface area contributed by atoms with E-state index in [2.05, 4.69) is 16.0 Å². The largest absolute Gasteiger partial charge is 0.468 e. The fraction of sp³-hybridized carbons (Fsp3) is 0.308. The number of ether oxygens (including phenoxy) is 1. The van der Waals surface area contributed by atoms with E-state index in [0.717, 1.165) is 5.56 Å². The Balaban J connectivity index is 2.96. The van der Waals surface area contributed by atoms with E-state index in [0.29, 0.717) is 0 Å². The first-order valence-electron chi connectivity index (χ1n) is 5.68. The summed E-state index contributed by atoms with van der Waals surface area (Å²) in [6.07, 6.45) is 1.62. The Hall–Kier alpha value is -1.66. The van der Waals surface area contributed by atoms with Gasteiger partial charge in [-0.15, -0.1) is 6.58 Å². The molecular formula is C13H17NO4S. The van der Waals surface area contributed by atoms with Gasteiger partial charge in [0, 0.05) is 0 Å². The summed E-state index contributed by atoms with van der Waals surface area (Å²) in [5.41, 5.74) is 0.953. The van der Waals surface area contributed by atoms with Crippen molar-refractivity contribution >= 4 is 16.0 Å². The van der Waals surface area contributed by atoms with Crippen LogP contribution < -0.4 is 4.72 Å². The standard InChI is InChI=1S/C13H17NO4S/c1-4-5-12(13(15)18-3)14-19(16,17)11-8-6-10(2)7-9-11/h4,6-9,12,14H,1,5H2,2-3H3. The smallest absolute Gasteiger partial charge is 0.324 e. The zero-order chi connectivity index (χ0) is 14.5. The summed E-state index contributed by atoms with van der Waals surface area (Å²) >= 11 is 0. The van der Waals surface area contributed by atoms with Crippen LogP contribution in [0.1, 0.15) is 12.0 Å². The monoisotopic (exact) mass is 283 g/mol. The van der Waals surface area contributed by atoms with Gasteiger partial charge in [-0.25, -0.2) is 8.42 Å². The van der Waals surface area contributed by atoms with Crippen LogP contribution in [0.15, 0.2) is 41.8 Å². The molecule has 0 fully saturated rings. The summed E-state index contributed by atoms with van der Waals surface area (Å²) < 4.78 is 31.1. The molecule has 0 aromatic heterocycles. The van der Waals surface area contributed by atoms with E-state index >= 15 is 0 Å². The van der Waals surface area contributed by atoms with E-state index in [1.165, 1.54) is 25.3 Å². The molecule has 0 heterocycles. The molecule has 6 heteroatoms. The van der Waals surface area contributed by atoms with E-state index < -0.39 is 22.0 Å². The van der Waals surface area contributed by atoms with Gasteiger partial charge in [0.2, 0.25) is 10.0 Å². The van der Waals surface area contributed by atoms with E-state index in [-0.39, 0.29) is 11.3 Å². The maximum atomic E-state index is 12.1. The highest BCUT2D eigenvalue weighted by Crippen LogP contribution is 2.11. The molecule has 1 aromatic carbocycles. The van der Waals surface area contributed by atoms with Crippen molar-refractivity contribution in [1.29, 1.82) is 0 Å². The lowest BCUT2D eigenvalue weighted by Crippen LogP contribution is -2.41. The maximum absolute atomic E-state index is 12.1. The summed E-state index contributed by atoms with van der Waals surface area (Å²) in [4.78, 5) is 11.6. The summed E-state index contributed by atoms with van der Waals surface area (Å²) in [5.74, 6) is -0.643. The second-order valence-corrected chi connectivity index (χ2v) is 5.75. The molecule has 0 saturated heterocycles. The number of methoxy groups -OCH3 is 1. The molecule has 0 radical (unpaired) electrons. The summed E-state index contributed by atoms with van der Waals surface area (Å²) in [6.45, 7) is 5.35. The second kappa shape index (κ2) is 6.49. The molecule has 0 spiro atoms. The lowest BCUT2D eigenvalue weighted by molar-refractivity contribution is -0.142. The second-order valence-electron chi connectivity index (χ2n) is 4.03. The van der Waals surface area contributed by atoms with Gasteiger partial charge in [0.15, 0.2) is 0 Å². The quantitative estimate of drug-likeness (QED) is 0.632. The number of carbonyl (C=O) groups excluding carboxylic acids is 1. The van der Waals surface area contributed by atoms with Crippen LogP contribution in [0, 0.1) is 6.92 Å². The average molecular weight is 283 g/mol. The number of hydrogen-bond acceptors (Lipinski definition) is 4. The van der Waals surface area contributed by atoms with Crippen molar-refractivity contribution in [1.82, 2.24) is 4.72 Å². The Kier molecular flexibility index (Phi) is 5.26. The summed E-state index contributed by atoms with van der Waals surface area (Å²) in [6, 6.07) is 5.39. The van der Waals surface area contributed by atoms with Gasteiger partial charge in [-0.05, 0) is 25.5 Å². The van der Waals surface area contributed by atoms with Gasteiger partial charge in [-0.2, -0.15) is 4.72 Å². The van der Waals surface area contributed by atoms with E-state index in [9.17, 15) is 13.2 Å². The Labute approximate surface area is 113 Å². The minimum atomic E-state index is -3.75. The zero-order valence-electron chi connectivity index (χ0n) is 10.9. The fourth-order valence-electron chi connectivity index (χ4n) is 1.47. The van der Waals surface area contributed by atoms with Crippen LogP contribution in [0.25, 0.3) is 0 Å². The molecule has 1 unspecified atom stereocenters. The molecule has 0 saturated carbocycles. The van der Waals surface area contributed by atoms with Crippen molar-refractivity contribution in [2.24, 2.45) is 0 Å². The SMILES string of the molecule is C=CCC(NS(=O)(=O)c1ccc(C)cc1)C(=O)OC. The van der Waals surface area contributed by atoms with E-state index in [4.69, 9.17) is 0 Å². The lowest BCUT2D eigenvalue weighted by atomic mass is 10.2. The minimum absolute atomic E-state index is 0.107. The minimum Gasteiger partial charge on any atom is -0.468 e. The van der Waals surface area contributed by atoms with Crippen molar-refractivity contribution in [3.63, 3.8) is 0 Å². The predicted octanol–water partition coefficient (Wildman–Crippen LogP) is 1.39.